The van der Waals surface area contributed by atoms with E-state index in [1.165, 1.54) is 0 Å². The summed E-state index contributed by atoms with van der Waals surface area (Å²) in [5.74, 6) is 1.62. The van der Waals surface area contributed by atoms with Crippen molar-refractivity contribution in [1.82, 2.24) is 14.4 Å². The SMILES string of the molecule is CNc1cn2ccnc2c(NC2CCOC2)n1. The number of anilines is 2. The van der Waals surface area contributed by atoms with Gasteiger partial charge in [0.2, 0.25) is 0 Å². The topological polar surface area (TPSA) is 63.5 Å². The van der Waals surface area contributed by atoms with Gasteiger partial charge in [0.05, 0.1) is 18.8 Å². The van der Waals surface area contributed by atoms with Gasteiger partial charge in [0.15, 0.2) is 11.5 Å². The molecule has 1 fully saturated rings. The lowest BCUT2D eigenvalue weighted by Crippen LogP contribution is -2.20. The molecule has 0 amide bonds. The molecule has 90 valence electrons. The molecule has 17 heavy (non-hydrogen) atoms. The first-order chi connectivity index (χ1) is 8.36. The van der Waals surface area contributed by atoms with E-state index in [0.29, 0.717) is 6.04 Å². The van der Waals surface area contributed by atoms with Gasteiger partial charge in [-0.2, -0.15) is 0 Å². The van der Waals surface area contributed by atoms with Gasteiger partial charge < -0.3 is 19.8 Å². The number of hydrogen-bond acceptors (Lipinski definition) is 5. The number of ether oxygens (including phenoxy) is 1. The second-order valence-electron chi connectivity index (χ2n) is 4.09. The Labute approximate surface area is 99.0 Å². The van der Waals surface area contributed by atoms with E-state index in [4.69, 9.17) is 4.74 Å². The van der Waals surface area contributed by atoms with Gasteiger partial charge in [-0.05, 0) is 6.42 Å². The first-order valence-corrected chi connectivity index (χ1v) is 5.72. The molecule has 6 nitrogen and oxygen atoms in total. The molecule has 2 N–H and O–H groups in total. The van der Waals surface area contributed by atoms with Crippen LogP contribution in [0.3, 0.4) is 0 Å². The minimum Gasteiger partial charge on any atom is -0.379 e. The monoisotopic (exact) mass is 233 g/mol. The minimum absolute atomic E-state index is 0.329. The Balaban J connectivity index is 1.97. The van der Waals surface area contributed by atoms with E-state index in [1.807, 2.05) is 23.8 Å². The first kappa shape index (κ1) is 10.3. The quantitative estimate of drug-likeness (QED) is 0.827. The van der Waals surface area contributed by atoms with Crippen LogP contribution in [-0.2, 0) is 4.74 Å². The number of aromatic nitrogens is 3. The summed E-state index contributed by atoms with van der Waals surface area (Å²) in [4.78, 5) is 8.80. The summed E-state index contributed by atoms with van der Waals surface area (Å²) in [6.07, 6.45) is 6.61. The fourth-order valence-electron chi connectivity index (χ4n) is 1.99. The molecule has 0 radical (unpaired) electrons. The normalized spacial score (nSPS) is 19.7. The van der Waals surface area contributed by atoms with Crippen LogP contribution in [0.2, 0.25) is 0 Å². The standard InChI is InChI=1S/C11H15N5O/c1-12-9-6-16-4-3-13-11(16)10(15-9)14-8-2-5-17-7-8/h3-4,6,8,12H,2,5,7H2,1H3,(H,14,15). The molecule has 0 saturated carbocycles. The van der Waals surface area contributed by atoms with Crippen LogP contribution in [0.5, 0.6) is 0 Å². The highest BCUT2D eigenvalue weighted by Crippen LogP contribution is 2.19. The molecule has 6 heteroatoms. The second kappa shape index (κ2) is 4.21. The number of nitrogens with zero attached hydrogens (tertiary/aromatic N) is 3. The Hall–Kier alpha value is -1.82. The van der Waals surface area contributed by atoms with E-state index in [2.05, 4.69) is 20.6 Å². The lowest BCUT2D eigenvalue weighted by Gasteiger charge is -2.13. The van der Waals surface area contributed by atoms with Gasteiger partial charge in [-0.3, -0.25) is 0 Å². The summed E-state index contributed by atoms with van der Waals surface area (Å²) >= 11 is 0. The molecule has 1 unspecified atom stereocenters. The third kappa shape index (κ3) is 1.91. The molecule has 3 heterocycles. The second-order valence-corrected chi connectivity index (χ2v) is 4.09. The molecule has 0 aliphatic carbocycles. The Bertz CT molecular complexity index is 518. The molecule has 0 bridgehead atoms. The number of imidazole rings is 1. The Morgan fingerprint density at radius 1 is 1.53 bits per heavy atom. The molecule has 0 aromatic carbocycles. The summed E-state index contributed by atoms with van der Waals surface area (Å²) in [7, 11) is 1.85. The zero-order valence-electron chi connectivity index (χ0n) is 9.68. The van der Waals surface area contributed by atoms with E-state index in [1.54, 1.807) is 6.20 Å². The van der Waals surface area contributed by atoms with Crippen molar-refractivity contribution >= 4 is 17.3 Å². The van der Waals surface area contributed by atoms with Crippen molar-refractivity contribution in [3.05, 3.63) is 18.6 Å². The highest BCUT2D eigenvalue weighted by atomic mass is 16.5. The molecule has 3 rings (SSSR count). The van der Waals surface area contributed by atoms with Gasteiger partial charge >= 0.3 is 0 Å². The van der Waals surface area contributed by atoms with Crippen LogP contribution in [0.15, 0.2) is 18.6 Å². The molecular formula is C11H15N5O. The van der Waals surface area contributed by atoms with Crippen molar-refractivity contribution in [2.45, 2.75) is 12.5 Å². The van der Waals surface area contributed by atoms with Crippen LogP contribution in [-0.4, -0.2) is 40.7 Å². The van der Waals surface area contributed by atoms with Crippen molar-refractivity contribution in [1.29, 1.82) is 0 Å². The van der Waals surface area contributed by atoms with Crippen LogP contribution in [0.1, 0.15) is 6.42 Å². The van der Waals surface area contributed by atoms with E-state index in [-0.39, 0.29) is 0 Å². The molecule has 1 aliphatic rings. The molecule has 2 aromatic heterocycles. The van der Waals surface area contributed by atoms with E-state index in [0.717, 1.165) is 36.9 Å². The predicted molar refractivity (Wildman–Crippen MR) is 65.4 cm³/mol. The van der Waals surface area contributed by atoms with Crippen LogP contribution in [0.25, 0.3) is 5.65 Å². The number of rotatable bonds is 3. The Morgan fingerprint density at radius 2 is 2.47 bits per heavy atom. The van der Waals surface area contributed by atoms with Crippen LogP contribution in [0.4, 0.5) is 11.6 Å². The minimum atomic E-state index is 0.329. The summed E-state index contributed by atoms with van der Waals surface area (Å²) < 4.78 is 7.30. The molecule has 1 saturated heterocycles. The van der Waals surface area contributed by atoms with E-state index >= 15 is 0 Å². The number of fused-ring (bicyclic) bond motifs is 1. The lowest BCUT2D eigenvalue weighted by molar-refractivity contribution is 0.195. The van der Waals surface area contributed by atoms with Crippen molar-refractivity contribution in [2.24, 2.45) is 0 Å². The smallest absolute Gasteiger partial charge is 0.180 e. The zero-order valence-corrected chi connectivity index (χ0v) is 9.68. The van der Waals surface area contributed by atoms with Crippen molar-refractivity contribution in [2.75, 3.05) is 30.9 Å². The molecule has 0 spiro atoms. The average Bonchev–Trinajstić information content (AvgIpc) is 2.98. The Morgan fingerprint density at radius 3 is 3.24 bits per heavy atom. The molecule has 2 aromatic rings. The molecule has 1 atom stereocenters. The number of nitrogens with one attached hydrogen (secondary N) is 2. The zero-order chi connectivity index (χ0) is 11.7. The largest absolute Gasteiger partial charge is 0.379 e. The van der Waals surface area contributed by atoms with Crippen molar-refractivity contribution < 1.29 is 4.74 Å². The maximum Gasteiger partial charge on any atom is 0.180 e. The summed E-state index contributed by atoms with van der Waals surface area (Å²) in [6.45, 7) is 1.55. The predicted octanol–water partition coefficient (Wildman–Crippen LogP) is 0.972. The average molecular weight is 233 g/mol. The van der Waals surface area contributed by atoms with Gasteiger partial charge in [0, 0.05) is 26.0 Å². The van der Waals surface area contributed by atoms with Crippen molar-refractivity contribution in [3.8, 4) is 0 Å². The first-order valence-electron chi connectivity index (χ1n) is 5.72. The maximum atomic E-state index is 5.35. The fraction of sp³-hybridized carbons (Fsp3) is 0.455. The van der Waals surface area contributed by atoms with E-state index < -0.39 is 0 Å². The highest BCUT2D eigenvalue weighted by molar-refractivity contribution is 5.65. The summed E-state index contributed by atoms with van der Waals surface area (Å²) in [6, 6.07) is 0.329. The third-order valence-corrected chi connectivity index (χ3v) is 2.90. The van der Waals surface area contributed by atoms with Crippen LogP contribution >= 0.6 is 0 Å². The van der Waals surface area contributed by atoms with Gasteiger partial charge in [-0.1, -0.05) is 0 Å². The van der Waals surface area contributed by atoms with Crippen LogP contribution < -0.4 is 10.6 Å². The summed E-state index contributed by atoms with van der Waals surface area (Å²) in [5, 5.41) is 6.43. The Kier molecular flexibility index (Phi) is 2.56. The summed E-state index contributed by atoms with van der Waals surface area (Å²) in [5.41, 5.74) is 0.843. The maximum absolute atomic E-state index is 5.35. The highest BCUT2D eigenvalue weighted by Gasteiger charge is 2.17. The van der Waals surface area contributed by atoms with E-state index in [9.17, 15) is 0 Å². The van der Waals surface area contributed by atoms with Gasteiger partial charge in [-0.15, -0.1) is 0 Å². The van der Waals surface area contributed by atoms with Gasteiger partial charge in [-0.25, -0.2) is 9.97 Å². The van der Waals surface area contributed by atoms with Crippen LogP contribution in [0, 0.1) is 0 Å². The lowest BCUT2D eigenvalue weighted by atomic mass is 10.2. The molecule has 1 aliphatic heterocycles. The number of hydrogen-bond donors (Lipinski definition) is 2. The van der Waals surface area contributed by atoms with Gasteiger partial charge in [0.1, 0.15) is 5.82 Å². The van der Waals surface area contributed by atoms with Crippen molar-refractivity contribution in [3.63, 3.8) is 0 Å². The molecular weight excluding hydrogens is 218 g/mol. The van der Waals surface area contributed by atoms with Gasteiger partial charge in [0.25, 0.3) is 0 Å². The fourth-order valence-corrected chi connectivity index (χ4v) is 1.99. The third-order valence-electron chi connectivity index (χ3n) is 2.90.